The Bertz CT molecular complexity index is 887. The summed E-state index contributed by atoms with van der Waals surface area (Å²) in [6.45, 7) is 0.972. The molecule has 0 aliphatic heterocycles. The molecule has 0 atom stereocenters. The smallest absolute Gasteiger partial charge is 0.355 e. The lowest BCUT2D eigenvalue weighted by molar-refractivity contribution is -0.137. The SMILES string of the molecule is CCS(=O)(=O)CCNC(=O)CCNS(=O)(=O)c1ccc(Cl)c(C(F)(F)F)c1. The first-order valence-corrected chi connectivity index (χ1v) is 11.3. The van der Waals surface area contributed by atoms with E-state index < -0.39 is 47.4 Å². The lowest BCUT2D eigenvalue weighted by Gasteiger charge is -2.12. The summed E-state index contributed by atoms with van der Waals surface area (Å²) in [6.07, 6.45) is -5.13. The Kier molecular flexibility index (Phi) is 8.08. The maximum atomic E-state index is 12.8. The van der Waals surface area contributed by atoms with Gasteiger partial charge in [-0.3, -0.25) is 4.79 Å². The van der Waals surface area contributed by atoms with Crippen molar-refractivity contribution in [3.05, 3.63) is 28.8 Å². The van der Waals surface area contributed by atoms with Gasteiger partial charge >= 0.3 is 6.18 Å². The minimum absolute atomic E-state index is 0.0658. The molecular weight excluding hydrogens is 433 g/mol. The van der Waals surface area contributed by atoms with Gasteiger partial charge in [-0.1, -0.05) is 18.5 Å². The number of alkyl halides is 3. The summed E-state index contributed by atoms with van der Waals surface area (Å²) in [4.78, 5) is 10.9. The fourth-order valence-electron chi connectivity index (χ4n) is 1.85. The van der Waals surface area contributed by atoms with Crippen LogP contribution in [0.15, 0.2) is 23.1 Å². The summed E-state index contributed by atoms with van der Waals surface area (Å²) in [6, 6.07) is 2.13. The van der Waals surface area contributed by atoms with Crippen molar-refractivity contribution in [1.82, 2.24) is 10.0 Å². The standard InChI is InChI=1S/C14H18ClF3N2O5S2/c1-2-26(22,23)8-7-19-13(21)5-6-20-27(24,25)10-3-4-12(15)11(9-10)14(16,17)18/h3-4,9,20H,2,5-8H2,1H3,(H,19,21). The molecule has 1 aromatic carbocycles. The Balaban J connectivity index is 2.63. The van der Waals surface area contributed by atoms with Gasteiger partial charge in [0.15, 0.2) is 9.84 Å². The molecule has 0 bridgehead atoms. The van der Waals surface area contributed by atoms with Crippen molar-refractivity contribution in [2.75, 3.05) is 24.6 Å². The van der Waals surface area contributed by atoms with Crippen molar-refractivity contribution in [2.45, 2.75) is 24.4 Å². The number of sulfonamides is 1. The van der Waals surface area contributed by atoms with Crippen molar-refractivity contribution in [2.24, 2.45) is 0 Å². The quantitative estimate of drug-likeness (QED) is 0.593. The van der Waals surface area contributed by atoms with Crippen LogP contribution in [0.1, 0.15) is 18.9 Å². The molecule has 0 spiro atoms. The van der Waals surface area contributed by atoms with Crippen LogP contribution in [-0.4, -0.2) is 47.3 Å². The highest BCUT2D eigenvalue weighted by Gasteiger charge is 2.34. The second-order valence-electron chi connectivity index (χ2n) is 5.37. The van der Waals surface area contributed by atoms with E-state index >= 15 is 0 Å². The van der Waals surface area contributed by atoms with Gasteiger partial charge in [0.2, 0.25) is 15.9 Å². The van der Waals surface area contributed by atoms with Crippen LogP contribution in [0.3, 0.4) is 0 Å². The van der Waals surface area contributed by atoms with Gasteiger partial charge in [-0.05, 0) is 18.2 Å². The minimum atomic E-state index is -4.82. The van der Waals surface area contributed by atoms with Gasteiger partial charge in [0, 0.05) is 25.3 Å². The molecule has 0 radical (unpaired) electrons. The summed E-state index contributed by atoms with van der Waals surface area (Å²) in [5.74, 6) is -0.911. The second-order valence-corrected chi connectivity index (χ2v) is 10.0. The van der Waals surface area contributed by atoms with E-state index in [2.05, 4.69) is 5.32 Å². The van der Waals surface area contributed by atoms with Crippen molar-refractivity contribution < 1.29 is 34.8 Å². The second kappa shape index (κ2) is 9.22. The van der Waals surface area contributed by atoms with E-state index in [9.17, 15) is 34.8 Å². The third-order valence-electron chi connectivity index (χ3n) is 3.37. The Morgan fingerprint density at radius 2 is 1.78 bits per heavy atom. The number of halogens is 4. The van der Waals surface area contributed by atoms with Gasteiger partial charge in [-0.15, -0.1) is 0 Å². The van der Waals surface area contributed by atoms with Gasteiger partial charge in [-0.25, -0.2) is 21.6 Å². The number of carbonyl (C=O) groups excluding carboxylic acids is 1. The molecule has 0 aliphatic carbocycles. The molecule has 0 heterocycles. The number of nitrogens with one attached hydrogen (secondary N) is 2. The van der Waals surface area contributed by atoms with E-state index in [1.165, 1.54) is 6.92 Å². The van der Waals surface area contributed by atoms with E-state index in [1.54, 1.807) is 0 Å². The molecule has 0 saturated heterocycles. The maximum absolute atomic E-state index is 12.8. The molecule has 1 rings (SSSR count). The number of sulfone groups is 1. The van der Waals surface area contributed by atoms with Crippen LogP contribution in [0.25, 0.3) is 0 Å². The highest BCUT2D eigenvalue weighted by molar-refractivity contribution is 7.91. The maximum Gasteiger partial charge on any atom is 0.417 e. The lowest BCUT2D eigenvalue weighted by Crippen LogP contribution is -2.33. The normalized spacial score (nSPS) is 12.8. The van der Waals surface area contributed by atoms with Crippen LogP contribution in [-0.2, 0) is 30.8 Å². The van der Waals surface area contributed by atoms with Crippen LogP contribution in [0.2, 0.25) is 5.02 Å². The van der Waals surface area contributed by atoms with E-state index in [1.807, 2.05) is 4.72 Å². The Morgan fingerprint density at radius 3 is 2.33 bits per heavy atom. The minimum Gasteiger partial charge on any atom is -0.355 e. The molecule has 2 N–H and O–H groups in total. The van der Waals surface area contributed by atoms with Gasteiger partial charge in [0.1, 0.15) is 0 Å². The Hall–Kier alpha value is -1.37. The van der Waals surface area contributed by atoms with Crippen molar-refractivity contribution >= 4 is 37.4 Å². The van der Waals surface area contributed by atoms with Crippen molar-refractivity contribution in [3.63, 3.8) is 0 Å². The number of amides is 1. The van der Waals surface area contributed by atoms with Crippen molar-refractivity contribution in [1.29, 1.82) is 0 Å². The zero-order chi connectivity index (χ0) is 20.9. The number of hydrogen-bond acceptors (Lipinski definition) is 5. The highest BCUT2D eigenvalue weighted by Crippen LogP contribution is 2.35. The predicted octanol–water partition coefficient (Wildman–Crippen LogP) is 1.58. The van der Waals surface area contributed by atoms with Gasteiger partial charge in [-0.2, -0.15) is 13.2 Å². The molecule has 1 amide bonds. The zero-order valence-electron chi connectivity index (χ0n) is 14.1. The molecule has 0 fully saturated rings. The average molecular weight is 451 g/mol. The summed E-state index contributed by atoms with van der Waals surface area (Å²) in [5, 5.41) is 1.68. The first kappa shape index (κ1) is 23.7. The molecule has 13 heteroatoms. The predicted molar refractivity (Wildman–Crippen MR) is 93.6 cm³/mol. The van der Waals surface area contributed by atoms with Crippen LogP contribution >= 0.6 is 11.6 Å². The van der Waals surface area contributed by atoms with E-state index in [0.29, 0.717) is 6.07 Å². The fourth-order valence-corrected chi connectivity index (χ4v) is 3.83. The largest absolute Gasteiger partial charge is 0.417 e. The van der Waals surface area contributed by atoms with E-state index in [-0.39, 0.29) is 31.0 Å². The van der Waals surface area contributed by atoms with E-state index in [4.69, 9.17) is 11.6 Å². The topological polar surface area (TPSA) is 109 Å². The first-order valence-electron chi connectivity index (χ1n) is 7.62. The molecular formula is C14H18ClF3N2O5S2. The molecule has 27 heavy (non-hydrogen) atoms. The summed E-state index contributed by atoms with van der Waals surface area (Å²) < 4.78 is 87.1. The summed E-state index contributed by atoms with van der Waals surface area (Å²) in [7, 11) is -7.53. The molecule has 0 unspecified atom stereocenters. The third-order valence-corrected chi connectivity index (χ3v) is 6.87. The lowest BCUT2D eigenvalue weighted by atomic mass is 10.2. The molecule has 154 valence electrons. The van der Waals surface area contributed by atoms with Crippen molar-refractivity contribution in [3.8, 4) is 0 Å². The number of benzene rings is 1. The monoisotopic (exact) mass is 450 g/mol. The van der Waals surface area contributed by atoms with Gasteiger partial charge in [0.05, 0.1) is 21.2 Å². The summed E-state index contributed by atoms with van der Waals surface area (Å²) >= 11 is 5.44. The zero-order valence-corrected chi connectivity index (χ0v) is 16.5. The Labute approximate surface area is 160 Å². The average Bonchev–Trinajstić information content (AvgIpc) is 2.53. The van der Waals surface area contributed by atoms with E-state index in [0.717, 1.165) is 12.1 Å². The summed E-state index contributed by atoms with van der Waals surface area (Å²) in [5.41, 5.74) is -1.29. The molecule has 0 aromatic heterocycles. The number of hydrogen-bond donors (Lipinski definition) is 2. The number of rotatable bonds is 9. The van der Waals surface area contributed by atoms with Crippen LogP contribution in [0, 0.1) is 0 Å². The molecule has 0 saturated carbocycles. The number of carbonyl (C=O) groups is 1. The Morgan fingerprint density at radius 1 is 1.15 bits per heavy atom. The molecule has 1 aromatic rings. The fraction of sp³-hybridized carbons (Fsp3) is 0.500. The van der Waals surface area contributed by atoms with Gasteiger partial charge < -0.3 is 5.32 Å². The molecule has 0 aliphatic rings. The third kappa shape index (κ3) is 7.64. The van der Waals surface area contributed by atoms with Crippen LogP contribution < -0.4 is 10.0 Å². The van der Waals surface area contributed by atoms with Crippen LogP contribution in [0.4, 0.5) is 13.2 Å². The molecule has 7 nitrogen and oxygen atoms in total. The highest BCUT2D eigenvalue weighted by atomic mass is 35.5. The van der Waals surface area contributed by atoms with Crippen LogP contribution in [0.5, 0.6) is 0 Å². The first-order chi connectivity index (χ1) is 12.3. The van der Waals surface area contributed by atoms with Gasteiger partial charge in [0.25, 0.3) is 0 Å².